The lowest BCUT2D eigenvalue weighted by Crippen LogP contribution is -2.16. The number of aromatic nitrogens is 1. The Bertz CT molecular complexity index is 543. The van der Waals surface area contributed by atoms with Crippen molar-refractivity contribution in [3.05, 3.63) is 53.9 Å². The zero-order chi connectivity index (χ0) is 12.9. The van der Waals surface area contributed by atoms with E-state index in [0.717, 1.165) is 24.6 Å². The number of rotatable bonds is 4. The van der Waals surface area contributed by atoms with Crippen LogP contribution in [-0.4, -0.2) is 18.2 Å². The minimum Gasteiger partial charge on any atom is -0.486 e. The van der Waals surface area contributed by atoms with Crippen molar-refractivity contribution >= 4 is 0 Å². The number of nitrogens with zero attached hydrogens (tertiary/aromatic N) is 1. The number of benzene rings is 1. The van der Waals surface area contributed by atoms with Crippen LogP contribution in [0, 0.1) is 0 Å². The first-order valence-electron chi connectivity index (χ1n) is 6.40. The second kappa shape index (κ2) is 5.71. The van der Waals surface area contributed by atoms with Gasteiger partial charge in [-0.05, 0) is 29.3 Å². The van der Waals surface area contributed by atoms with Crippen LogP contribution in [0.25, 0.3) is 0 Å². The summed E-state index contributed by atoms with van der Waals surface area (Å²) >= 11 is 0. The van der Waals surface area contributed by atoms with E-state index in [4.69, 9.17) is 9.47 Å². The van der Waals surface area contributed by atoms with Gasteiger partial charge in [0, 0.05) is 25.5 Å². The van der Waals surface area contributed by atoms with Crippen LogP contribution >= 0.6 is 0 Å². The van der Waals surface area contributed by atoms with Gasteiger partial charge in [0.05, 0.1) is 0 Å². The number of fused-ring (bicyclic) bond motifs is 1. The monoisotopic (exact) mass is 256 g/mol. The Morgan fingerprint density at radius 1 is 1.00 bits per heavy atom. The van der Waals surface area contributed by atoms with E-state index in [1.165, 1.54) is 11.1 Å². The Labute approximate surface area is 112 Å². The minimum atomic E-state index is 0.625. The Morgan fingerprint density at radius 2 is 1.84 bits per heavy atom. The van der Waals surface area contributed by atoms with Crippen LogP contribution in [0.2, 0.25) is 0 Å². The topological polar surface area (TPSA) is 43.4 Å². The summed E-state index contributed by atoms with van der Waals surface area (Å²) in [5, 5.41) is 3.39. The molecule has 0 amide bonds. The van der Waals surface area contributed by atoms with Gasteiger partial charge in [0.25, 0.3) is 0 Å². The fraction of sp³-hybridized carbons (Fsp3) is 0.267. The number of pyridine rings is 1. The van der Waals surface area contributed by atoms with Gasteiger partial charge in [0.15, 0.2) is 11.5 Å². The molecule has 0 atom stereocenters. The minimum absolute atomic E-state index is 0.625. The van der Waals surface area contributed by atoms with Gasteiger partial charge < -0.3 is 14.8 Å². The molecule has 2 aromatic rings. The summed E-state index contributed by atoms with van der Waals surface area (Å²) in [5.74, 6) is 1.68. The third-order valence-corrected chi connectivity index (χ3v) is 2.99. The van der Waals surface area contributed by atoms with Crippen molar-refractivity contribution < 1.29 is 9.47 Å². The van der Waals surface area contributed by atoms with E-state index in [1.807, 2.05) is 24.4 Å². The molecule has 3 rings (SSSR count). The molecule has 98 valence electrons. The predicted octanol–water partition coefficient (Wildman–Crippen LogP) is 2.14. The fourth-order valence-electron chi connectivity index (χ4n) is 2.05. The standard InChI is InChI=1S/C15H16N2O2/c1-2-13(10-16-5-1)11-17-9-12-3-4-14-15(8-12)19-7-6-18-14/h1-5,8,10,17H,6-7,9,11H2. The molecule has 19 heavy (non-hydrogen) atoms. The van der Waals surface area contributed by atoms with Gasteiger partial charge in [-0.15, -0.1) is 0 Å². The first kappa shape index (κ1) is 12.0. The number of hydrogen-bond acceptors (Lipinski definition) is 4. The normalized spacial score (nSPS) is 13.3. The Morgan fingerprint density at radius 3 is 2.68 bits per heavy atom. The van der Waals surface area contributed by atoms with Crippen molar-refractivity contribution in [3.8, 4) is 11.5 Å². The molecule has 0 unspecified atom stereocenters. The smallest absolute Gasteiger partial charge is 0.161 e. The highest BCUT2D eigenvalue weighted by molar-refractivity contribution is 5.43. The quantitative estimate of drug-likeness (QED) is 0.910. The largest absolute Gasteiger partial charge is 0.486 e. The molecule has 1 aliphatic heterocycles. The summed E-state index contributed by atoms with van der Waals surface area (Å²) in [6.07, 6.45) is 3.65. The molecular weight excluding hydrogens is 240 g/mol. The maximum absolute atomic E-state index is 5.57. The first-order chi connectivity index (χ1) is 9.42. The van der Waals surface area contributed by atoms with Crippen molar-refractivity contribution in [2.75, 3.05) is 13.2 Å². The molecule has 1 aromatic carbocycles. The molecule has 0 saturated carbocycles. The van der Waals surface area contributed by atoms with Gasteiger partial charge in [0.1, 0.15) is 13.2 Å². The third kappa shape index (κ3) is 3.03. The molecular formula is C15H16N2O2. The molecule has 2 heterocycles. The van der Waals surface area contributed by atoms with Crippen LogP contribution in [0.3, 0.4) is 0 Å². The average Bonchev–Trinajstić information content (AvgIpc) is 2.48. The van der Waals surface area contributed by atoms with E-state index in [0.29, 0.717) is 13.2 Å². The maximum Gasteiger partial charge on any atom is 0.161 e. The fourth-order valence-corrected chi connectivity index (χ4v) is 2.05. The second-order valence-corrected chi connectivity index (χ2v) is 4.44. The predicted molar refractivity (Wildman–Crippen MR) is 72.2 cm³/mol. The average molecular weight is 256 g/mol. The Balaban J connectivity index is 1.58. The van der Waals surface area contributed by atoms with Gasteiger partial charge in [-0.25, -0.2) is 0 Å². The molecule has 1 N–H and O–H groups in total. The molecule has 0 aliphatic carbocycles. The number of ether oxygens (including phenoxy) is 2. The van der Waals surface area contributed by atoms with E-state index in [1.54, 1.807) is 6.20 Å². The lowest BCUT2D eigenvalue weighted by molar-refractivity contribution is 0.171. The summed E-state index contributed by atoms with van der Waals surface area (Å²) in [7, 11) is 0. The van der Waals surface area contributed by atoms with Crippen molar-refractivity contribution in [1.29, 1.82) is 0 Å². The summed E-state index contributed by atoms with van der Waals surface area (Å²) in [6, 6.07) is 10.1. The van der Waals surface area contributed by atoms with E-state index in [-0.39, 0.29) is 0 Å². The van der Waals surface area contributed by atoms with Crippen molar-refractivity contribution in [1.82, 2.24) is 10.3 Å². The molecule has 0 fully saturated rings. The summed E-state index contributed by atoms with van der Waals surface area (Å²) < 4.78 is 11.1. The van der Waals surface area contributed by atoms with Crippen LogP contribution in [0.15, 0.2) is 42.7 Å². The molecule has 1 aromatic heterocycles. The summed E-state index contributed by atoms with van der Waals surface area (Å²) in [5.41, 5.74) is 2.37. The van der Waals surface area contributed by atoms with Crippen molar-refractivity contribution in [3.63, 3.8) is 0 Å². The molecule has 1 aliphatic rings. The van der Waals surface area contributed by atoms with Crippen LogP contribution in [0.4, 0.5) is 0 Å². The molecule has 0 spiro atoms. The first-order valence-corrected chi connectivity index (χ1v) is 6.40. The third-order valence-electron chi connectivity index (χ3n) is 2.99. The SMILES string of the molecule is c1cncc(CNCc2ccc3c(c2)OCCO3)c1. The number of hydrogen-bond donors (Lipinski definition) is 1. The van der Waals surface area contributed by atoms with Gasteiger partial charge in [-0.1, -0.05) is 12.1 Å². The zero-order valence-corrected chi connectivity index (χ0v) is 10.6. The molecule has 4 heteroatoms. The highest BCUT2D eigenvalue weighted by Gasteiger charge is 2.11. The maximum atomic E-state index is 5.57. The van der Waals surface area contributed by atoms with Gasteiger partial charge in [0.2, 0.25) is 0 Å². The van der Waals surface area contributed by atoms with E-state index in [9.17, 15) is 0 Å². The Hall–Kier alpha value is -2.07. The summed E-state index contributed by atoms with van der Waals surface area (Å²) in [4.78, 5) is 4.09. The lowest BCUT2D eigenvalue weighted by Gasteiger charge is -2.19. The summed E-state index contributed by atoms with van der Waals surface area (Å²) in [6.45, 7) is 2.86. The van der Waals surface area contributed by atoms with E-state index in [2.05, 4.69) is 22.4 Å². The molecule has 4 nitrogen and oxygen atoms in total. The van der Waals surface area contributed by atoms with Gasteiger partial charge in [-0.2, -0.15) is 0 Å². The van der Waals surface area contributed by atoms with Crippen LogP contribution in [0.5, 0.6) is 11.5 Å². The van der Waals surface area contributed by atoms with Crippen LogP contribution in [0.1, 0.15) is 11.1 Å². The van der Waals surface area contributed by atoms with Gasteiger partial charge >= 0.3 is 0 Å². The second-order valence-electron chi connectivity index (χ2n) is 4.44. The van der Waals surface area contributed by atoms with Gasteiger partial charge in [-0.3, -0.25) is 4.98 Å². The van der Waals surface area contributed by atoms with Crippen molar-refractivity contribution in [2.45, 2.75) is 13.1 Å². The number of nitrogens with one attached hydrogen (secondary N) is 1. The Kier molecular flexibility index (Phi) is 3.61. The highest BCUT2D eigenvalue weighted by Crippen LogP contribution is 2.30. The molecule has 0 bridgehead atoms. The van der Waals surface area contributed by atoms with E-state index < -0.39 is 0 Å². The van der Waals surface area contributed by atoms with Crippen LogP contribution in [-0.2, 0) is 13.1 Å². The van der Waals surface area contributed by atoms with E-state index >= 15 is 0 Å². The van der Waals surface area contributed by atoms with Crippen molar-refractivity contribution in [2.24, 2.45) is 0 Å². The molecule has 0 radical (unpaired) electrons. The lowest BCUT2D eigenvalue weighted by atomic mass is 10.2. The molecule has 0 saturated heterocycles. The highest BCUT2D eigenvalue weighted by atomic mass is 16.6. The zero-order valence-electron chi connectivity index (χ0n) is 10.6. The van der Waals surface area contributed by atoms with Crippen LogP contribution < -0.4 is 14.8 Å².